The van der Waals surface area contributed by atoms with Gasteiger partial charge in [-0.2, -0.15) is 18.2 Å². The van der Waals surface area contributed by atoms with Crippen molar-refractivity contribution in [1.29, 1.82) is 0 Å². The number of nitrogens with two attached hydrogens (primary N) is 1. The van der Waals surface area contributed by atoms with Crippen LogP contribution in [0, 0.1) is 5.82 Å². The molecule has 1 aliphatic carbocycles. The van der Waals surface area contributed by atoms with Gasteiger partial charge in [-0.15, -0.1) is 0 Å². The van der Waals surface area contributed by atoms with Gasteiger partial charge in [-0.3, -0.25) is 0 Å². The number of carbonyl (C=O) groups excluding carboxylic acids is 2. The molecule has 0 bridgehead atoms. The molecule has 9 nitrogen and oxygen atoms in total. The third-order valence-electron chi connectivity index (χ3n) is 7.56. The lowest BCUT2D eigenvalue weighted by Gasteiger charge is -2.23. The van der Waals surface area contributed by atoms with Crippen LogP contribution in [-0.2, 0) is 14.3 Å². The van der Waals surface area contributed by atoms with Crippen molar-refractivity contribution in [2.75, 3.05) is 12.3 Å². The van der Waals surface area contributed by atoms with Gasteiger partial charge in [0.2, 0.25) is 17.9 Å². The quantitative estimate of drug-likeness (QED) is 0.139. The van der Waals surface area contributed by atoms with Crippen LogP contribution < -0.4 is 15.8 Å². The maximum absolute atomic E-state index is 14.2. The van der Waals surface area contributed by atoms with Crippen LogP contribution in [0.3, 0.4) is 0 Å². The van der Waals surface area contributed by atoms with Crippen molar-refractivity contribution in [3.05, 3.63) is 95.8 Å². The van der Waals surface area contributed by atoms with E-state index < -0.39 is 53.1 Å². The lowest BCUT2D eigenvalue weighted by molar-refractivity contribution is -0.198. The number of hydrogen-bond acceptors (Lipinski definition) is 8. The molecule has 252 valence electrons. The Morgan fingerprint density at radius 3 is 2.23 bits per heavy atom. The Balaban J connectivity index is 1.36. The zero-order valence-electron chi connectivity index (χ0n) is 26.6. The molecule has 4 aromatic rings. The number of halogens is 4. The number of amides is 1. The molecule has 3 aromatic carbocycles. The number of carbonyl (C=O) groups is 2. The Morgan fingerprint density at radius 1 is 0.958 bits per heavy atom. The number of ether oxygens (including phenoxy) is 3. The lowest BCUT2D eigenvalue weighted by atomic mass is 10.0. The van der Waals surface area contributed by atoms with E-state index in [2.05, 4.69) is 15.3 Å². The van der Waals surface area contributed by atoms with Crippen LogP contribution >= 0.6 is 0 Å². The van der Waals surface area contributed by atoms with Crippen molar-refractivity contribution >= 4 is 18.0 Å². The van der Waals surface area contributed by atoms with Crippen molar-refractivity contribution in [2.24, 2.45) is 0 Å². The summed E-state index contributed by atoms with van der Waals surface area (Å²) in [5.74, 6) is -2.17. The van der Waals surface area contributed by atoms with Crippen molar-refractivity contribution in [2.45, 2.75) is 63.5 Å². The molecule has 1 saturated carbocycles. The standard InChI is InChI=1S/C35H34F4N4O5/c1-5-46-30(44)34(43-32(45)48-33(2,3)4)19-26(34)21-11-13-22(14-12-21)27-18-28(42-31(40)41-27)47-29(35(37,38)39)23-15-9-20(10-16-23)24-7-6-8-25(36)17-24/h6-18,26,29H,5,19H2,1-4H3,(H,43,45)(H2,40,41,42). The number of benzene rings is 3. The molecule has 3 atom stereocenters. The van der Waals surface area contributed by atoms with Gasteiger partial charge < -0.3 is 25.3 Å². The molecule has 3 unspecified atom stereocenters. The molecule has 5 rings (SSSR count). The fourth-order valence-corrected chi connectivity index (χ4v) is 5.33. The second-order valence-electron chi connectivity index (χ2n) is 12.3. The zero-order chi connectivity index (χ0) is 34.9. The first-order valence-electron chi connectivity index (χ1n) is 15.1. The van der Waals surface area contributed by atoms with Crippen molar-refractivity contribution in [3.63, 3.8) is 0 Å². The highest BCUT2D eigenvalue weighted by Crippen LogP contribution is 2.52. The van der Waals surface area contributed by atoms with Crippen LogP contribution in [0.2, 0.25) is 0 Å². The number of rotatable bonds is 9. The molecule has 1 aliphatic rings. The van der Waals surface area contributed by atoms with Crippen molar-refractivity contribution < 1.29 is 41.4 Å². The summed E-state index contributed by atoms with van der Waals surface area (Å²) in [6.45, 7) is 6.91. The monoisotopic (exact) mass is 666 g/mol. The van der Waals surface area contributed by atoms with Gasteiger partial charge >= 0.3 is 18.2 Å². The number of esters is 1. The molecule has 1 heterocycles. The average molecular weight is 667 g/mol. The molecule has 13 heteroatoms. The average Bonchev–Trinajstić information content (AvgIpc) is 3.73. The van der Waals surface area contributed by atoms with E-state index in [9.17, 15) is 27.2 Å². The topological polar surface area (TPSA) is 126 Å². The first-order valence-corrected chi connectivity index (χ1v) is 15.1. The molecule has 0 radical (unpaired) electrons. The summed E-state index contributed by atoms with van der Waals surface area (Å²) in [6, 6.07) is 19.1. The summed E-state index contributed by atoms with van der Waals surface area (Å²) in [6.07, 6.45) is -7.67. The Morgan fingerprint density at radius 2 is 1.62 bits per heavy atom. The summed E-state index contributed by atoms with van der Waals surface area (Å²) in [5, 5.41) is 2.68. The molecule has 1 fully saturated rings. The molecule has 48 heavy (non-hydrogen) atoms. The SMILES string of the molecule is CCOC(=O)C1(NC(=O)OC(C)(C)C)CC1c1ccc(-c2cc(OC(c3ccc(-c4cccc(F)c4)cc3)C(F)(F)F)nc(N)n2)cc1. The highest BCUT2D eigenvalue weighted by molar-refractivity contribution is 5.91. The van der Waals surface area contributed by atoms with Gasteiger partial charge in [-0.25, -0.2) is 19.0 Å². The fraction of sp³-hybridized carbons (Fsp3) is 0.314. The van der Waals surface area contributed by atoms with Crippen molar-refractivity contribution in [3.8, 4) is 28.3 Å². The van der Waals surface area contributed by atoms with Crippen LogP contribution in [-0.4, -0.2) is 46.0 Å². The molecule has 1 amide bonds. The van der Waals surface area contributed by atoms with Gasteiger partial charge in [0.25, 0.3) is 0 Å². The predicted molar refractivity (Wildman–Crippen MR) is 169 cm³/mol. The van der Waals surface area contributed by atoms with E-state index in [0.29, 0.717) is 22.3 Å². The third kappa shape index (κ3) is 7.84. The van der Waals surface area contributed by atoms with E-state index in [4.69, 9.17) is 19.9 Å². The number of nitrogens with zero attached hydrogens (tertiary/aromatic N) is 2. The Kier molecular flexibility index (Phi) is 9.34. The summed E-state index contributed by atoms with van der Waals surface area (Å²) in [4.78, 5) is 33.5. The number of aromatic nitrogens is 2. The van der Waals surface area contributed by atoms with E-state index in [0.717, 1.165) is 0 Å². The summed E-state index contributed by atoms with van der Waals surface area (Å²) in [5.41, 5.74) is 6.04. The molecule has 0 saturated heterocycles. The van der Waals surface area contributed by atoms with E-state index >= 15 is 0 Å². The number of alkyl carbamates (subject to hydrolysis) is 1. The Bertz CT molecular complexity index is 1790. The van der Waals surface area contributed by atoms with Gasteiger partial charge in [-0.1, -0.05) is 60.7 Å². The molecular weight excluding hydrogens is 632 g/mol. The zero-order valence-corrected chi connectivity index (χ0v) is 26.6. The van der Waals surface area contributed by atoms with E-state index in [-0.39, 0.29) is 30.2 Å². The minimum absolute atomic E-state index is 0.122. The first-order chi connectivity index (χ1) is 22.6. The summed E-state index contributed by atoms with van der Waals surface area (Å²) in [7, 11) is 0. The summed E-state index contributed by atoms with van der Waals surface area (Å²) >= 11 is 0. The van der Waals surface area contributed by atoms with Gasteiger partial charge in [0.15, 0.2) is 0 Å². The highest BCUT2D eigenvalue weighted by Gasteiger charge is 2.63. The van der Waals surface area contributed by atoms with Crippen LogP contribution in [0.4, 0.5) is 28.3 Å². The second-order valence-corrected chi connectivity index (χ2v) is 12.3. The highest BCUT2D eigenvalue weighted by atomic mass is 19.4. The van der Waals surface area contributed by atoms with Crippen molar-refractivity contribution in [1.82, 2.24) is 15.3 Å². The molecule has 3 N–H and O–H groups in total. The number of alkyl halides is 3. The van der Waals surface area contributed by atoms with E-state index in [1.54, 1.807) is 58.0 Å². The maximum atomic E-state index is 14.2. The number of hydrogen-bond donors (Lipinski definition) is 2. The number of nitrogen functional groups attached to an aromatic ring is 1. The third-order valence-corrected chi connectivity index (χ3v) is 7.56. The number of anilines is 1. The summed E-state index contributed by atoms with van der Waals surface area (Å²) < 4.78 is 72.3. The smallest absolute Gasteiger partial charge is 0.429 e. The van der Waals surface area contributed by atoms with Gasteiger partial charge in [0.1, 0.15) is 17.0 Å². The van der Waals surface area contributed by atoms with Crippen LogP contribution in [0.15, 0.2) is 78.9 Å². The second kappa shape index (κ2) is 13.1. The largest absolute Gasteiger partial charge is 0.464 e. The Hall–Kier alpha value is -5.20. The van der Waals surface area contributed by atoms with Crippen LogP contribution in [0.5, 0.6) is 5.88 Å². The predicted octanol–water partition coefficient (Wildman–Crippen LogP) is 7.53. The minimum Gasteiger partial charge on any atom is -0.464 e. The Labute approximate surface area is 274 Å². The molecule has 0 aliphatic heterocycles. The minimum atomic E-state index is -4.81. The molecule has 1 aromatic heterocycles. The first kappa shape index (κ1) is 34.1. The van der Waals surface area contributed by atoms with Gasteiger partial charge in [-0.05, 0) is 62.9 Å². The van der Waals surface area contributed by atoms with Gasteiger partial charge in [0.05, 0.1) is 12.3 Å². The van der Waals surface area contributed by atoms with E-state index in [1.165, 1.54) is 48.5 Å². The van der Waals surface area contributed by atoms with Crippen LogP contribution in [0.1, 0.15) is 57.3 Å². The van der Waals surface area contributed by atoms with Gasteiger partial charge in [0, 0.05) is 23.1 Å². The lowest BCUT2D eigenvalue weighted by Crippen LogP contribution is -2.47. The number of nitrogens with one attached hydrogen (secondary N) is 1. The normalized spacial score (nSPS) is 18.0. The van der Waals surface area contributed by atoms with E-state index in [1.807, 2.05) is 0 Å². The fourth-order valence-electron chi connectivity index (χ4n) is 5.33. The molecule has 0 spiro atoms. The molecular formula is C35H34F4N4O5. The van der Waals surface area contributed by atoms with Crippen LogP contribution in [0.25, 0.3) is 22.4 Å². The maximum Gasteiger partial charge on any atom is 0.429 e.